The van der Waals surface area contributed by atoms with Crippen LogP contribution < -0.4 is 0 Å². The molecule has 37 heavy (non-hydrogen) atoms. The molecule has 0 heterocycles. The lowest BCUT2D eigenvalue weighted by Gasteiger charge is -2.19. The van der Waals surface area contributed by atoms with Gasteiger partial charge in [0, 0.05) is 19.1 Å². The van der Waals surface area contributed by atoms with Gasteiger partial charge in [0.2, 0.25) is 0 Å². The van der Waals surface area contributed by atoms with Crippen LogP contribution in [0.5, 0.6) is 0 Å². The van der Waals surface area contributed by atoms with Crippen molar-refractivity contribution in [1.29, 1.82) is 0 Å². The second-order valence-electron chi connectivity index (χ2n) is 11.1. The first-order chi connectivity index (χ1) is 18.3. The van der Waals surface area contributed by atoms with Crippen LogP contribution in [0.15, 0.2) is 12.2 Å². The molecule has 0 spiro atoms. The van der Waals surface area contributed by atoms with Crippen molar-refractivity contribution in [3.63, 3.8) is 0 Å². The van der Waals surface area contributed by atoms with Crippen molar-refractivity contribution in [3.8, 4) is 0 Å². The highest BCUT2D eigenvalue weighted by Gasteiger charge is 2.09. The Bertz CT molecular complexity index is 404. The molecule has 0 fully saturated rings. The summed E-state index contributed by atoms with van der Waals surface area (Å²) in [6.45, 7) is 6.32. The number of alkyl halides is 1. The highest BCUT2D eigenvalue weighted by Crippen LogP contribution is 2.15. The van der Waals surface area contributed by atoms with Crippen LogP contribution in [0.3, 0.4) is 0 Å². The van der Waals surface area contributed by atoms with Gasteiger partial charge in [-0.3, -0.25) is 0 Å². The molecule has 0 aliphatic carbocycles. The van der Waals surface area contributed by atoms with Gasteiger partial charge < -0.3 is 9.47 Å². The SMILES string of the molecule is CCCCCCCCCCOC(CCCCCCCCC/C=C/CCCl)OCCCCCCCCCC. The summed E-state index contributed by atoms with van der Waals surface area (Å²) in [5.41, 5.74) is 0. The molecule has 0 radical (unpaired) electrons. The van der Waals surface area contributed by atoms with Crippen molar-refractivity contribution in [2.75, 3.05) is 19.1 Å². The molecular formula is C34H67ClO2. The molecule has 0 aromatic carbocycles. The maximum absolute atomic E-state index is 6.22. The number of hydrogen-bond acceptors (Lipinski definition) is 2. The van der Waals surface area contributed by atoms with Crippen molar-refractivity contribution in [2.24, 2.45) is 0 Å². The quantitative estimate of drug-likeness (QED) is 0.0364. The summed E-state index contributed by atoms with van der Waals surface area (Å²) in [4.78, 5) is 0. The fourth-order valence-electron chi connectivity index (χ4n) is 4.87. The van der Waals surface area contributed by atoms with Gasteiger partial charge in [-0.25, -0.2) is 0 Å². The normalized spacial score (nSPS) is 11.9. The van der Waals surface area contributed by atoms with E-state index in [1.165, 1.54) is 154 Å². The second-order valence-corrected chi connectivity index (χ2v) is 11.5. The van der Waals surface area contributed by atoms with Crippen LogP contribution >= 0.6 is 11.6 Å². The van der Waals surface area contributed by atoms with Gasteiger partial charge in [0.1, 0.15) is 0 Å². The highest BCUT2D eigenvalue weighted by molar-refractivity contribution is 6.17. The summed E-state index contributed by atoms with van der Waals surface area (Å²) in [5.74, 6) is 0.742. The van der Waals surface area contributed by atoms with E-state index in [0.717, 1.165) is 31.9 Å². The average molecular weight is 543 g/mol. The molecule has 0 N–H and O–H groups in total. The first-order valence-electron chi connectivity index (χ1n) is 16.8. The summed E-state index contributed by atoms with van der Waals surface area (Å²) in [5, 5.41) is 0. The predicted octanol–water partition coefficient (Wildman–Crippen LogP) is 12.3. The Labute approximate surface area is 239 Å². The van der Waals surface area contributed by atoms with Gasteiger partial charge in [0.15, 0.2) is 6.29 Å². The van der Waals surface area contributed by atoms with E-state index < -0.39 is 0 Å². The van der Waals surface area contributed by atoms with Crippen molar-refractivity contribution in [2.45, 2.75) is 187 Å². The Morgan fingerprint density at radius 1 is 0.459 bits per heavy atom. The number of ether oxygens (including phenoxy) is 2. The Morgan fingerprint density at radius 3 is 1.30 bits per heavy atom. The summed E-state index contributed by atoms with van der Waals surface area (Å²) >= 11 is 5.70. The molecule has 0 saturated carbocycles. The van der Waals surface area contributed by atoms with Crippen LogP contribution in [0.2, 0.25) is 0 Å². The van der Waals surface area contributed by atoms with E-state index in [9.17, 15) is 0 Å². The zero-order valence-electron chi connectivity index (χ0n) is 25.4. The minimum atomic E-state index is 0.0221. The maximum Gasteiger partial charge on any atom is 0.157 e. The van der Waals surface area contributed by atoms with Crippen LogP contribution in [0, 0.1) is 0 Å². The molecular weight excluding hydrogens is 476 g/mol. The van der Waals surface area contributed by atoms with E-state index in [-0.39, 0.29) is 6.29 Å². The molecule has 0 saturated heterocycles. The molecule has 0 atom stereocenters. The van der Waals surface area contributed by atoms with Gasteiger partial charge in [0.05, 0.1) is 0 Å². The maximum atomic E-state index is 6.22. The number of hydrogen-bond donors (Lipinski definition) is 0. The summed E-state index contributed by atoms with van der Waals surface area (Å²) in [7, 11) is 0. The largest absolute Gasteiger partial charge is 0.353 e. The summed E-state index contributed by atoms with van der Waals surface area (Å²) < 4.78 is 12.4. The number of unbranched alkanes of at least 4 members (excludes halogenated alkanes) is 21. The standard InChI is InChI=1S/C34H67ClO2/c1-3-5-7-9-11-20-24-28-32-36-34(37-33-29-25-21-12-10-8-6-4-2)30-26-22-18-16-14-13-15-17-19-23-27-31-35/h19,23,34H,3-18,20-22,24-33H2,1-2H3/b23-19+. The third kappa shape index (κ3) is 32.1. The Kier molecular flexibility index (Phi) is 33.9. The third-order valence-corrected chi connectivity index (χ3v) is 7.57. The first kappa shape index (κ1) is 37.0. The smallest absolute Gasteiger partial charge is 0.157 e. The topological polar surface area (TPSA) is 18.5 Å². The van der Waals surface area contributed by atoms with Gasteiger partial charge >= 0.3 is 0 Å². The molecule has 3 heteroatoms. The molecule has 0 rings (SSSR count). The fraction of sp³-hybridized carbons (Fsp3) is 0.941. The van der Waals surface area contributed by atoms with Gasteiger partial charge in [0.25, 0.3) is 0 Å². The van der Waals surface area contributed by atoms with Gasteiger partial charge in [-0.05, 0) is 44.9 Å². The van der Waals surface area contributed by atoms with E-state index in [0.29, 0.717) is 0 Å². The molecule has 0 aromatic heterocycles. The van der Waals surface area contributed by atoms with E-state index in [2.05, 4.69) is 26.0 Å². The second kappa shape index (κ2) is 34.0. The third-order valence-electron chi connectivity index (χ3n) is 7.36. The van der Waals surface area contributed by atoms with E-state index in [1.54, 1.807) is 0 Å². The van der Waals surface area contributed by atoms with Gasteiger partial charge in [-0.1, -0.05) is 148 Å². The van der Waals surface area contributed by atoms with Crippen LogP contribution in [-0.4, -0.2) is 25.4 Å². The van der Waals surface area contributed by atoms with E-state index in [1.807, 2.05) is 0 Å². The molecule has 0 aliphatic heterocycles. The van der Waals surface area contributed by atoms with E-state index in [4.69, 9.17) is 21.1 Å². The van der Waals surface area contributed by atoms with Crippen LogP contribution in [0.4, 0.5) is 0 Å². The predicted molar refractivity (Wildman–Crippen MR) is 167 cm³/mol. The minimum absolute atomic E-state index is 0.0221. The number of rotatable bonds is 32. The lowest BCUT2D eigenvalue weighted by Crippen LogP contribution is -2.19. The molecule has 2 nitrogen and oxygen atoms in total. The van der Waals surface area contributed by atoms with Crippen LogP contribution in [-0.2, 0) is 9.47 Å². The van der Waals surface area contributed by atoms with Crippen molar-refractivity contribution in [1.82, 2.24) is 0 Å². The Balaban J connectivity index is 3.88. The Hall–Kier alpha value is -0.0500. The minimum Gasteiger partial charge on any atom is -0.353 e. The zero-order chi connectivity index (χ0) is 26.9. The lowest BCUT2D eigenvalue weighted by molar-refractivity contribution is -0.148. The van der Waals surface area contributed by atoms with Crippen LogP contribution in [0.1, 0.15) is 181 Å². The molecule has 0 amide bonds. The highest BCUT2D eigenvalue weighted by atomic mass is 35.5. The first-order valence-corrected chi connectivity index (χ1v) is 17.3. The van der Waals surface area contributed by atoms with Crippen molar-refractivity contribution in [3.05, 3.63) is 12.2 Å². The Morgan fingerprint density at radius 2 is 0.838 bits per heavy atom. The summed E-state index contributed by atoms with van der Waals surface area (Å²) in [6, 6.07) is 0. The zero-order valence-corrected chi connectivity index (χ0v) is 26.2. The van der Waals surface area contributed by atoms with Crippen molar-refractivity contribution < 1.29 is 9.47 Å². The van der Waals surface area contributed by atoms with E-state index >= 15 is 0 Å². The van der Waals surface area contributed by atoms with Gasteiger partial charge in [-0.15, -0.1) is 11.6 Å². The van der Waals surface area contributed by atoms with Crippen LogP contribution in [0.25, 0.3) is 0 Å². The number of allylic oxidation sites excluding steroid dienone is 2. The molecule has 0 unspecified atom stereocenters. The molecule has 0 bridgehead atoms. The van der Waals surface area contributed by atoms with Crippen molar-refractivity contribution >= 4 is 11.6 Å². The lowest BCUT2D eigenvalue weighted by atomic mass is 10.1. The monoisotopic (exact) mass is 542 g/mol. The molecule has 0 aliphatic rings. The fourth-order valence-corrected chi connectivity index (χ4v) is 5.00. The molecule has 222 valence electrons. The molecule has 0 aromatic rings. The van der Waals surface area contributed by atoms with Gasteiger partial charge in [-0.2, -0.15) is 0 Å². The average Bonchev–Trinajstić information content (AvgIpc) is 2.91. The summed E-state index contributed by atoms with van der Waals surface area (Å²) in [6.07, 6.45) is 38.7. The number of halogens is 1.